The highest BCUT2D eigenvalue weighted by atomic mass is 79.9. The quantitative estimate of drug-likeness (QED) is 0.799. The smallest absolute Gasteiger partial charge is 0.266 e. The molecule has 0 aliphatic rings. The van der Waals surface area contributed by atoms with E-state index in [0.717, 1.165) is 4.47 Å². The zero-order valence-electron chi connectivity index (χ0n) is 4.82. The third kappa shape index (κ3) is 1.24. The predicted molar refractivity (Wildman–Crippen MR) is 44.7 cm³/mol. The molecule has 0 fully saturated rings. The van der Waals surface area contributed by atoms with E-state index in [9.17, 15) is 4.79 Å². The molecule has 10 heavy (non-hydrogen) atoms. The molecule has 0 unspecified atom stereocenters. The van der Waals surface area contributed by atoms with Crippen molar-refractivity contribution in [3.05, 3.63) is 20.8 Å². The van der Waals surface area contributed by atoms with Gasteiger partial charge in [0.1, 0.15) is 5.69 Å². The Balaban J connectivity index is 3.17. The Bertz CT molecular complexity index is 269. The molecule has 1 aromatic heterocycles. The van der Waals surface area contributed by atoms with E-state index < -0.39 is 5.91 Å². The third-order valence-corrected chi connectivity index (χ3v) is 3.00. The van der Waals surface area contributed by atoms with Crippen molar-refractivity contribution in [2.24, 2.45) is 5.73 Å². The summed E-state index contributed by atoms with van der Waals surface area (Å²) in [6.07, 6.45) is 1.64. The van der Waals surface area contributed by atoms with E-state index >= 15 is 0 Å². The maximum absolute atomic E-state index is 10.6. The van der Waals surface area contributed by atoms with E-state index in [4.69, 9.17) is 5.73 Å². The van der Waals surface area contributed by atoms with Gasteiger partial charge in [-0.2, -0.15) is 0 Å². The Morgan fingerprint density at radius 3 is 2.40 bits per heavy atom. The second-order valence-corrected chi connectivity index (χ2v) is 3.34. The van der Waals surface area contributed by atoms with E-state index in [1.54, 1.807) is 6.20 Å². The van der Waals surface area contributed by atoms with Crippen LogP contribution in [0.3, 0.4) is 0 Å². The number of carbonyl (C=O) groups excluding carboxylic acids is 1. The number of primary amides is 1. The predicted octanol–water partition coefficient (Wildman–Crippen LogP) is 1.64. The van der Waals surface area contributed by atoms with Gasteiger partial charge in [0.15, 0.2) is 0 Å². The molecule has 0 saturated heterocycles. The van der Waals surface area contributed by atoms with Crippen LogP contribution in [0, 0.1) is 0 Å². The lowest BCUT2D eigenvalue weighted by molar-refractivity contribution is 0.0995. The molecule has 54 valence electrons. The molecule has 0 aliphatic carbocycles. The molecule has 1 heterocycles. The Labute approximate surface area is 74.2 Å². The second kappa shape index (κ2) is 2.75. The number of hydrogen-bond acceptors (Lipinski definition) is 1. The highest BCUT2D eigenvalue weighted by Gasteiger charge is 2.09. The summed E-state index contributed by atoms with van der Waals surface area (Å²) in [7, 11) is 0. The number of amides is 1. The van der Waals surface area contributed by atoms with Gasteiger partial charge in [0.2, 0.25) is 0 Å². The minimum Gasteiger partial charge on any atom is -0.364 e. The number of hydrogen-bond donors (Lipinski definition) is 2. The summed E-state index contributed by atoms with van der Waals surface area (Å²) < 4.78 is 1.46. The first-order valence-electron chi connectivity index (χ1n) is 2.45. The topological polar surface area (TPSA) is 58.9 Å². The summed E-state index contributed by atoms with van der Waals surface area (Å²) in [6, 6.07) is 0. The van der Waals surface area contributed by atoms with Crippen LogP contribution in [0.15, 0.2) is 15.1 Å². The zero-order chi connectivity index (χ0) is 7.72. The van der Waals surface area contributed by atoms with Crippen LogP contribution in [-0.2, 0) is 0 Å². The van der Waals surface area contributed by atoms with E-state index in [1.165, 1.54) is 0 Å². The van der Waals surface area contributed by atoms with Crippen molar-refractivity contribution in [3.63, 3.8) is 0 Å². The third-order valence-electron chi connectivity index (χ3n) is 1.02. The van der Waals surface area contributed by atoms with Crippen molar-refractivity contribution in [1.82, 2.24) is 4.98 Å². The summed E-state index contributed by atoms with van der Waals surface area (Å²) in [6.45, 7) is 0. The first kappa shape index (κ1) is 7.81. The molecule has 0 aliphatic heterocycles. The van der Waals surface area contributed by atoms with Crippen molar-refractivity contribution >= 4 is 37.8 Å². The lowest BCUT2D eigenvalue weighted by atomic mass is 10.4. The van der Waals surface area contributed by atoms with Gasteiger partial charge in [0.25, 0.3) is 5.91 Å². The molecule has 0 saturated carbocycles. The molecule has 5 heteroatoms. The molecular formula is C5H4Br2N2O. The first-order valence-corrected chi connectivity index (χ1v) is 4.03. The summed E-state index contributed by atoms with van der Waals surface area (Å²) in [5.74, 6) is -0.474. The Morgan fingerprint density at radius 2 is 2.20 bits per heavy atom. The number of halogens is 2. The van der Waals surface area contributed by atoms with Gasteiger partial charge < -0.3 is 10.7 Å². The van der Waals surface area contributed by atoms with Crippen molar-refractivity contribution in [2.75, 3.05) is 0 Å². The molecule has 3 nitrogen and oxygen atoms in total. The fourth-order valence-electron chi connectivity index (χ4n) is 0.561. The number of nitrogens with two attached hydrogens (primary N) is 1. The van der Waals surface area contributed by atoms with Gasteiger partial charge in [-0.05, 0) is 31.9 Å². The molecule has 3 N–H and O–H groups in total. The van der Waals surface area contributed by atoms with Crippen LogP contribution in [-0.4, -0.2) is 10.9 Å². The van der Waals surface area contributed by atoms with Crippen molar-refractivity contribution in [2.45, 2.75) is 0 Å². The molecule has 1 rings (SSSR count). The summed E-state index contributed by atoms with van der Waals surface area (Å²) in [5, 5.41) is 0. The second-order valence-electron chi connectivity index (χ2n) is 1.69. The Hall–Kier alpha value is -0.290. The number of aromatic nitrogens is 1. The van der Waals surface area contributed by atoms with Crippen molar-refractivity contribution in [3.8, 4) is 0 Å². The zero-order valence-corrected chi connectivity index (χ0v) is 7.99. The van der Waals surface area contributed by atoms with Crippen molar-refractivity contribution in [1.29, 1.82) is 0 Å². The normalized spacial score (nSPS) is 9.80. The average molecular weight is 268 g/mol. The molecule has 0 spiro atoms. The molecular weight excluding hydrogens is 264 g/mol. The van der Waals surface area contributed by atoms with Crippen LogP contribution >= 0.6 is 31.9 Å². The number of H-pyrrole nitrogens is 1. The van der Waals surface area contributed by atoms with Crippen LogP contribution < -0.4 is 5.73 Å². The van der Waals surface area contributed by atoms with Gasteiger partial charge in [-0.1, -0.05) is 0 Å². The van der Waals surface area contributed by atoms with Crippen LogP contribution in [0.1, 0.15) is 10.5 Å². The van der Waals surface area contributed by atoms with Crippen LogP contribution in [0.2, 0.25) is 0 Å². The summed E-state index contributed by atoms with van der Waals surface area (Å²) in [4.78, 5) is 13.3. The van der Waals surface area contributed by atoms with Crippen LogP contribution in [0.4, 0.5) is 0 Å². The molecule has 0 aromatic carbocycles. The van der Waals surface area contributed by atoms with E-state index in [0.29, 0.717) is 10.2 Å². The minimum absolute atomic E-state index is 0.381. The van der Waals surface area contributed by atoms with Crippen molar-refractivity contribution < 1.29 is 4.79 Å². The van der Waals surface area contributed by atoms with Gasteiger partial charge >= 0.3 is 0 Å². The van der Waals surface area contributed by atoms with E-state index in [-0.39, 0.29) is 0 Å². The molecule has 0 bridgehead atoms. The highest BCUT2D eigenvalue weighted by molar-refractivity contribution is 9.13. The standard InChI is InChI=1S/C5H4Br2N2O/c6-2-1-9-4(3(2)7)5(8)10/h1,9H,(H2,8,10). The number of aromatic amines is 1. The maximum atomic E-state index is 10.6. The molecule has 0 radical (unpaired) electrons. The van der Waals surface area contributed by atoms with Gasteiger partial charge in [0.05, 0.1) is 8.95 Å². The molecule has 1 amide bonds. The Morgan fingerprint density at radius 1 is 1.60 bits per heavy atom. The average Bonchev–Trinajstić information content (AvgIpc) is 2.14. The monoisotopic (exact) mass is 266 g/mol. The van der Waals surface area contributed by atoms with Gasteiger partial charge in [-0.15, -0.1) is 0 Å². The Kier molecular flexibility index (Phi) is 2.15. The maximum Gasteiger partial charge on any atom is 0.266 e. The first-order chi connectivity index (χ1) is 4.63. The van der Waals surface area contributed by atoms with Gasteiger partial charge in [-0.25, -0.2) is 0 Å². The van der Waals surface area contributed by atoms with Gasteiger partial charge in [0, 0.05) is 6.20 Å². The summed E-state index contributed by atoms with van der Waals surface area (Å²) >= 11 is 6.37. The molecule has 1 aromatic rings. The number of nitrogens with one attached hydrogen (secondary N) is 1. The van der Waals surface area contributed by atoms with E-state index in [1.807, 2.05) is 0 Å². The van der Waals surface area contributed by atoms with E-state index in [2.05, 4.69) is 36.8 Å². The van der Waals surface area contributed by atoms with Crippen LogP contribution in [0.5, 0.6) is 0 Å². The largest absolute Gasteiger partial charge is 0.364 e. The lowest BCUT2D eigenvalue weighted by Crippen LogP contribution is -2.11. The lowest BCUT2D eigenvalue weighted by Gasteiger charge is -1.88. The highest BCUT2D eigenvalue weighted by Crippen LogP contribution is 2.25. The van der Waals surface area contributed by atoms with Gasteiger partial charge in [-0.3, -0.25) is 4.79 Å². The SMILES string of the molecule is NC(=O)c1[nH]cc(Br)c1Br. The minimum atomic E-state index is -0.474. The molecule has 0 atom stereocenters. The van der Waals surface area contributed by atoms with Crippen LogP contribution in [0.25, 0.3) is 0 Å². The fourth-order valence-corrected chi connectivity index (χ4v) is 1.30. The number of carbonyl (C=O) groups is 1. The summed E-state index contributed by atoms with van der Waals surface area (Å²) in [5.41, 5.74) is 5.39. The fraction of sp³-hybridized carbons (Fsp3) is 0. The number of rotatable bonds is 1.